The van der Waals surface area contributed by atoms with Crippen LogP contribution >= 0.6 is 0 Å². The van der Waals surface area contributed by atoms with Gasteiger partial charge < -0.3 is 13.8 Å². The maximum absolute atomic E-state index is 13.2. The molecular weight excluding hydrogens is 358 g/mol. The Morgan fingerprint density at radius 1 is 1.00 bits per heavy atom. The van der Waals surface area contributed by atoms with Crippen LogP contribution in [0.15, 0.2) is 0 Å². The Balaban J connectivity index is 3.18. The first kappa shape index (κ1) is 23.6. The largest absolute Gasteiger partial charge is 0.413 e. The summed E-state index contributed by atoms with van der Waals surface area (Å²) in [4.78, 5) is 24.9. The molecule has 3 unspecified atom stereocenters. The van der Waals surface area contributed by atoms with E-state index in [9.17, 15) is 9.59 Å². The van der Waals surface area contributed by atoms with Crippen molar-refractivity contribution in [1.82, 2.24) is 4.57 Å². The van der Waals surface area contributed by atoms with E-state index in [2.05, 4.69) is 72.3 Å². The number of aldehydes is 1. The third-order valence-electron chi connectivity index (χ3n) is 7.17. The minimum atomic E-state index is -2.03. The van der Waals surface area contributed by atoms with Gasteiger partial charge in [-0.3, -0.25) is 4.79 Å². The van der Waals surface area contributed by atoms with E-state index in [1.54, 1.807) is 0 Å². The minimum Gasteiger partial charge on any atom is -0.413 e. The topological polar surface area (TPSA) is 46.6 Å². The van der Waals surface area contributed by atoms with E-state index in [4.69, 9.17) is 4.43 Å². The molecule has 1 fully saturated rings. The zero-order valence-corrected chi connectivity index (χ0v) is 21.1. The van der Waals surface area contributed by atoms with Gasteiger partial charge in [0.25, 0.3) is 0 Å². The highest BCUT2D eigenvalue weighted by Gasteiger charge is 2.60. The van der Waals surface area contributed by atoms with Crippen molar-refractivity contribution in [2.75, 3.05) is 0 Å². The van der Waals surface area contributed by atoms with Crippen LogP contribution in [0, 0.1) is 11.8 Å². The highest BCUT2D eigenvalue weighted by Crippen LogP contribution is 2.48. The van der Waals surface area contributed by atoms with Crippen LogP contribution in [0.5, 0.6) is 0 Å². The summed E-state index contributed by atoms with van der Waals surface area (Å²) in [6.07, 6.45) is 0.848. The Kier molecular flexibility index (Phi) is 6.50. The molecular formula is C20H41NO3Si2. The van der Waals surface area contributed by atoms with E-state index in [1.807, 2.05) is 13.8 Å². The highest BCUT2D eigenvalue weighted by molar-refractivity contribution is 6.80. The Morgan fingerprint density at radius 2 is 1.46 bits per heavy atom. The predicted octanol–water partition coefficient (Wildman–Crippen LogP) is 5.06. The van der Waals surface area contributed by atoms with Crippen molar-refractivity contribution in [3.8, 4) is 0 Å². The van der Waals surface area contributed by atoms with Gasteiger partial charge in [-0.05, 0) is 30.1 Å². The summed E-state index contributed by atoms with van der Waals surface area (Å²) in [6, 6.07) is -0.0411. The molecule has 0 aromatic heterocycles. The van der Waals surface area contributed by atoms with Crippen molar-refractivity contribution in [2.24, 2.45) is 11.8 Å². The van der Waals surface area contributed by atoms with E-state index < -0.39 is 16.6 Å². The van der Waals surface area contributed by atoms with Crippen molar-refractivity contribution >= 4 is 28.7 Å². The smallest absolute Gasteiger partial charge is 0.222 e. The van der Waals surface area contributed by atoms with Crippen LogP contribution in [0.2, 0.25) is 36.3 Å². The molecule has 0 spiro atoms. The molecule has 6 heteroatoms. The summed E-state index contributed by atoms with van der Waals surface area (Å²) in [5, 5.41) is 0.150. The second-order valence-electron chi connectivity index (χ2n) is 11.1. The molecule has 1 saturated heterocycles. The third-order valence-corrected chi connectivity index (χ3v) is 17.1. The van der Waals surface area contributed by atoms with Gasteiger partial charge in [-0.25, -0.2) is 0 Å². The van der Waals surface area contributed by atoms with E-state index in [0.717, 1.165) is 6.29 Å². The highest BCUT2D eigenvalue weighted by atomic mass is 28.4. The summed E-state index contributed by atoms with van der Waals surface area (Å²) in [5.74, 6) is -0.197. The Morgan fingerprint density at radius 3 is 1.81 bits per heavy atom. The van der Waals surface area contributed by atoms with Crippen molar-refractivity contribution in [3.63, 3.8) is 0 Å². The zero-order valence-electron chi connectivity index (χ0n) is 19.1. The number of amides is 1. The third kappa shape index (κ3) is 4.02. The maximum atomic E-state index is 13.2. The molecule has 4 atom stereocenters. The molecule has 1 rings (SSSR count). The van der Waals surface area contributed by atoms with Crippen LogP contribution in [0.1, 0.15) is 55.4 Å². The molecule has 1 aliphatic heterocycles. The van der Waals surface area contributed by atoms with Crippen LogP contribution in [-0.4, -0.2) is 45.5 Å². The van der Waals surface area contributed by atoms with Gasteiger partial charge in [0.2, 0.25) is 5.91 Å². The fourth-order valence-corrected chi connectivity index (χ4v) is 7.37. The maximum Gasteiger partial charge on any atom is 0.222 e. The van der Waals surface area contributed by atoms with Gasteiger partial charge >= 0.3 is 0 Å². The Hall–Kier alpha value is -0.466. The minimum absolute atomic E-state index is 0.0411. The van der Waals surface area contributed by atoms with Crippen molar-refractivity contribution in [3.05, 3.63) is 0 Å². The van der Waals surface area contributed by atoms with Crippen LogP contribution in [0.3, 0.4) is 0 Å². The standard InChI is InChI=1S/C20H41NO3Si2/c1-14(13-22)17-16(15(2)24-26(11,12)20(6,7)8)18(23)21(17)25(9,10)19(3,4)5/h13-17H,1-12H3/t14?,15-,16?,17?/m1/s1. The molecule has 1 amide bonds. The van der Waals surface area contributed by atoms with E-state index in [1.165, 1.54) is 0 Å². The lowest BCUT2D eigenvalue weighted by molar-refractivity contribution is -0.158. The average Bonchev–Trinajstić information content (AvgIpc) is 2.40. The number of hydrogen-bond donors (Lipinski definition) is 0. The predicted molar refractivity (Wildman–Crippen MR) is 114 cm³/mol. The lowest BCUT2D eigenvalue weighted by Crippen LogP contribution is -2.76. The molecule has 1 aliphatic rings. The van der Waals surface area contributed by atoms with Crippen molar-refractivity contribution in [2.45, 2.75) is 104 Å². The summed E-state index contributed by atoms with van der Waals surface area (Å²) < 4.78 is 8.62. The molecule has 1 heterocycles. The second-order valence-corrected chi connectivity index (χ2v) is 21.0. The lowest BCUT2D eigenvalue weighted by Gasteiger charge is -2.61. The first-order valence-electron chi connectivity index (χ1n) is 9.86. The first-order valence-corrected chi connectivity index (χ1v) is 15.7. The van der Waals surface area contributed by atoms with E-state index >= 15 is 0 Å². The molecule has 4 nitrogen and oxygen atoms in total. The molecule has 0 radical (unpaired) electrons. The van der Waals surface area contributed by atoms with Gasteiger partial charge in [0.1, 0.15) is 6.29 Å². The average molecular weight is 400 g/mol. The molecule has 152 valence electrons. The lowest BCUT2D eigenvalue weighted by atomic mass is 9.79. The number of β-lactam (4-membered cyclic amide) rings is 1. The molecule has 0 saturated carbocycles. The van der Waals surface area contributed by atoms with Crippen molar-refractivity contribution in [1.29, 1.82) is 0 Å². The van der Waals surface area contributed by atoms with Crippen LogP contribution in [-0.2, 0) is 14.0 Å². The van der Waals surface area contributed by atoms with Gasteiger partial charge in [-0.15, -0.1) is 0 Å². The second kappa shape index (κ2) is 7.17. The molecule has 0 aromatic rings. The number of hydrogen-bond acceptors (Lipinski definition) is 3. The van der Waals surface area contributed by atoms with Gasteiger partial charge in [-0.2, -0.15) is 0 Å². The summed E-state index contributed by atoms with van der Waals surface area (Å²) in [6.45, 7) is 26.1. The summed E-state index contributed by atoms with van der Waals surface area (Å²) in [7, 11) is -4.00. The Labute approximate surface area is 163 Å². The van der Waals surface area contributed by atoms with Crippen LogP contribution in [0.25, 0.3) is 0 Å². The normalized spacial score (nSPS) is 24.9. The summed E-state index contributed by atoms with van der Waals surface area (Å²) >= 11 is 0. The fraction of sp³-hybridized carbons (Fsp3) is 0.900. The van der Waals surface area contributed by atoms with E-state index in [-0.39, 0.29) is 40.0 Å². The van der Waals surface area contributed by atoms with Gasteiger partial charge in [0, 0.05) is 12.0 Å². The molecule has 0 aromatic carbocycles. The number of carbonyl (C=O) groups is 2. The Bertz CT molecular complexity index is 546. The van der Waals surface area contributed by atoms with Gasteiger partial charge in [0.15, 0.2) is 16.6 Å². The van der Waals surface area contributed by atoms with Gasteiger partial charge in [-0.1, -0.05) is 61.6 Å². The molecule has 0 bridgehead atoms. The first-order chi connectivity index (χ1) is 11.4. The number of nitrogens with zero attached hydrogens (tertiary/aromatic N) is 1. The van der Waals surface area contributed by atoms with Gasteiger partial charge in [0.05, 0.1) is 12.0 Å². The summed E-state index contributed by atoms with van der Waals surface area (Å²) in [5.41, 5.74) is 0. The van der Waals surface area contributed by atoms with Crippen molar-refractivity contribution < 1.29 is 14.0 Å². The molecule has 26 heavy (non-hydrogen) atoms. The number of carbonyl (C=O) groups excluding carboxylic acids is 2. The van der Waals surface area contributed by atoms with Crippen LogP contribution < -0.4 is 0 Å². The number of rotatable bonds is 6. The monoisotopic (exact) mass is 399 g/mol. The quantitative estimate of drug-likeness (QED) is 0.356. The zero-order chi connectivity index (χ0) is 20.9. The van der Waals surface area contributed by atoms with Crippen LogP contribution in [0.4, 0.5) is 0 Å². The van der Waals surface area contributed by atoms with E-state index in [0.29, 0.717) is 0 Å². The fourth-order valence-electron chi connectivity index (χ4n) is 3.38. The molecule has 0 N–H and O–H groups in total. The molecule has 0 aliphatic carbocycles. The SMILES string of the molecule is CC(C=O)C1C([C@@H](C)O[Si](C)(C)C(C)(C)C)C(=O)N1[Si](C)(C)C(C)(C)C.